The molecule has 0 N–H and O–H groups in total. The standard InChI is InChI=1S/C20H21FN2O3S/c21-18-7-4-16(5-8-18)20(24)22-10-12-23(13-11-22)27(25,26)19-9-6-15-2-1-3-17(15)14-19/h4-9,14H,1-3,10-13H2. The molecule has 0 aromatic heterocycles. The van der Waals surface area contributed by atoms with Crippen molar-refractivity contribution >= 4 is 15.9 Å². The molecule has 0 unspecified atom stereocenters. The van der Waals surface area contributed by atoms with Crippen LogP contribution in [0.2, 0.25) is 0 Å². The number of carbonyl (C=O) groups excluding carboxylic acids is 1. The van der Waals surface area contributed by atoms with Gasteiger partial charge in [-0.25, -0.2) is 12.8 Å². The van der Waals surface area contributed by atoms with Crippen LogP contribution in [0.15, 0.2) is 47.4 Å². The highest BCUT2D eigenvalue weighted by molar-refractivity contribution is 7.89. The van der Waals surface area contributed by atoms with Gasteiger partial charge >= 0.3 is 0 Å². The van der Waals surface area contributed by atoms with Gasteiger partial charge in [-0.05, 0) is 66.8 Å². The normalized spacial score (nSPS) is 17.7. The van der Waals surface area contributed by atoms with Crippen molar-refractivity contribution in [3.63, 3.8) is 0 Å². The van der Waals surface area contributed by atoms with Crippen molar-refractivity contribution in [3.05, 3.63) is 65.0 Å². The molecule has 2 aromatic rings. The van der Waals surface area contributed by atoms with E-state index in [4.69, 9.17) is 0 Å². The van der Waals surface area contributed by atoms with Crippen LogP contribution in [0.25, 0.3) is 0 Å². The number of piperazine rings is 1. The lowest BCUT2D eigenvalue weighted by atomic mass is 10.1. The molecule has 0 bridgehead atoms. The van der Waals surface area contributed by atoms with E-state index < -0.39 is 15.8 Å². The summed E-state index contributed by atoms with van der Waals surface area (Å²) in [5, 5.41) is 0. The number of benzene rings is 2. The van der Waals surface area contributed by atoms with Crippen molar-refractivity contribution in [2.75, 3.05) is 26.2 Å². The predicted octanol–water partition coefficient (Wildman–Crippen LogP) is 2.46. The number of fused-ring (bicyclic) bond motifs is 1. The minimum Gasteiger partial charge on any atom is -0.336 e. The van der Waals surface area contributed by atoms with Crippen LogP contribution in [-0.4, -0.2) is 49.7 Å². The van der Waals surface area contributed by atoms with Crippen LogP contribution >= 0.6 is 0 Å². The Bertz CT molecular complexity index is 965. The maximum atomic E-state index is 13.0. The van der Waals surface area contributed by atoms with Crippen LogP contribution < -0.4 is 0 Å². The van der Waals surface area contributed by atoms with Gasteiger partial charge in [-0.1, -0.05) is 6.07 Å². The second kappa shape index (κ2) is 7.05. The summed E-state index contributed by atoms with van der Waals surface area (Å²) in [6.07, 6.45) is 3.02. The summed E-state index contributed by atoms with van der Waals surface area (Å²) in [7, 11) is -3.56. The van der Waals surface area contributed by atoms with Crippen LogP contribution in [0, 0.1) is 5.82 Å². The Morgan fingerprint density at radius 2 is 1.56 bits per heavy atom. The maximum absolute atomic E-state index is 13.0. The molecule has 0 saturated carbocycles. The second-order valence-corrected chi connectivity index (χ2v) is 8.93. The van der Waals surface area contributed by atoms with Crippen LogP contribution in [0.5, 0.6) is 0 Å². The Hall–Kier alpha value is -2.25. The van der Waals surface area contributed by atoms with Gasteiger partial charge in [0.05, 0.1) is 4.90 Å². The molecule has 5 nitrogen and oxygen atoms in total. The van der Waals surface area contributed by atoms with E-state index >= 15 is 0 Å². The van der Waals surface area contributed by atoms with Crippen molar-refractivity contribution in [1.29, 1.82) is 0 Å². The van der Waals surface area contributed by atoms with E-state index in [1.54, 1.807) is 17.0 Å². The van der Waals surface area contributed by atoms with E-state index in [0.29, 0.717) is 23.5 Å². The van der Waals surface area contributed by atoms with Gasteiger partial charge in [0.25, 0.3) is 5.91 Å². The van der Waals surface area contributed by atoms with Gasteiger partial charge in [0, 0.05) is 31.7 Å². The first kappa shape index (κ1) is 18.1. The number of halogens is 1. The van der Waals surface area contributed by atoms with Crippen LogP contribution in [0.1, 0.15) is 27.9 Å². The van der Waals surface area contributed by atoms with Crippen molar-refractivity contribution in [2.24, 2.45) is 0 Å². The first-order valence-electron chi connectivity index (χ1n) is 9.12. The highest BCUT2D eigenvalue weighted by Gasteiger charge is 2.31. The third kappa shape index (κ3) is 3.49. The lowest BCUT2D eigenvalue weighted by molar-refractivity contribution is 0.0698. The van der Waals surface area contributed by atoms with Gasteiger partial charge in [-0.15, -0.1) is 0 Å². The van der Waals surface area contributed by atoms with E-state index in [0.717, 1.165) is 24.8 Å². The number of rotatable bonds is 3. The zero-order chi connectivity index (χ0) is 19.0. The SMILES string of the molecule is O=C(c1ccc(F)cc1)N1CCN(S(=O)(=O)c2ccc3c(c2)CCC3)CC1. The molecule has 7 heteroatoms. The topological polar surface area (TPSA) is 57.7 Å². The van der Waals surface area contributed by atoms with E-state index in [-0.39, 0.29) is 19.0 Å². The third-order valence-electron chi connectivity index (χ3n) is 5.32. The molecule has 4 rings (SSSR count). The number of aryl methyl sites for hydroxylation is 2. The Morgan fingerprint density at radius 1 is 0.889 bits per heavy atom. The van der Waals surface area contributed by atoms with Crippen molar-refractivity contribution in [3.8, 4) is 0 Å². The molecule has 1 fully saturated rings. The minimum absolute atomic E-state index is 0.204. The second-order valence-electron chi connectivity index (χ2n) is 6.99. The van der Waals surface area contributed by atoms with E-state index in [9.17, 15) is 17.6 Å². The Kier molecular flexibility index (Phi) is 4.74. The van der Waals surface area contributed by atoms with Crippen molar-refractivity contribution in [1.82, 2.24) is 9.21 Å². The van der Waals surface area contributed by atoms with Crippen molar-refractivity contribution < 1.29 is 17.6 Å². The fourth-order valence-corrected chi connectivity index (χ4v) is 5.24. The molecule has 1 aliphatic heterocycles. The highest BCUT2D eigenvalue weighted by Crippen LogP contribution is 2.26. The van der Waals surface area contributed by atoms with Gasteiger partial charge in [-0.2, -0.15) is 4.31 Å². The zero-order valence-corrected chi connectivity index (χ0v) is 15.7. The summed E-state index contributed by atoms with van der Waals surface area (Å²) in [5.74, 6) is -0.596. The summed E-state index contributed by atoms with van der Waals surface area (Å²) >= 11 is 0. The molecule has 27 heavy (non-hydrogen) atoms. The monoisotopic (exact) mass is 388 g/mol. The van der Waals surface area contributed by atoms with Crippen LogP contribution in [0.3, 0.4) is 0 Å². The molecule has 0 atom stereocenters. The molecule has 2 aromatic carbocycles. The van der Waals surface area contributed by atoms with Crippen LogP contribution in [0.4, 0.5) is 4.39 Å². The van der Waals surface area contributed by atoms with Gasteiger partial charge in [0.15, 0.2) is 0 Å². The first-order chi connectivity index (χ1) is 12.9. The summed E-state index contributed by atoms with van der Waals surface area (Å²) < 4.78 is 40.4. The number of hydrogen-bond donors (Lipinski definition) is 0. The summed E-state index contributed by atoms with van der Waals surface area (Å²) in [5.41, 5.74) is 2.77. The predicted molar refractivity (Wildman–Crippen MR) is 99.5 cm³/mol. The molecule has 1 saturated heterocycles. The summed E-state index contributed by atoms with van der Waals surface area (Å²) in [6, 6.07) is 10.8. The quantitative estimate of drug-likeness (QED) is 0.812. The largest absolute Gasteiger partial charge is 0.336 e. The van der Waals surface area contributed by atoms with Crippen LogP contribution in [-0.2, 0) is 22.9 Å². The van der Waals surface area contributed by atoms with Crippen molar-refractivity contribution in [2.45, 2.75) is 24.2 Å². The number of carbonyl (C=O) groups is 1. The smallest absolute Gasteiger partial charge is 0.253 e. The molecule has 1 amide bonds. The summed E-state index contributed by atoms with van der Waals surface area (Å²) in [6.45, 7) is 1.15. The molecule has 2 aliphatic rings. The van der Waals surface area contributed by atoms with Gasteiger partial charge < -0.3 is 4.90 Å². The lowest BCUT2D eigenvalue weighted by Crippen LogP contribution is -2.50. The lowest BCUT2D eigenvalue weighted by Gasteiger charge is -2.34. The first-order valence-corrected chi connectivity index (χ1v) is 10.6. The molecule has 0 spiro atoms. The molecular weight excluding hydrogens is 367 g/mol. The number of amides is 1. The number of nitrogens with zero attached hydrogens (tertiary/aromatic N) is 2. The maximum Gasteiger partial charge on any atom is 0.253 e. The Morgan fingerprint density at radius 3 is 2.26 bits per heavy atom. The minimum atomic E-state index is -3.56. The Labute approximate surface area is 158 Å². The zero-order valence-electron chi connectivity index (χ0n) is 14.9. The van der Waals surface area contributed by atoms with E-state index in [1.165, 1.54) is 34.1 Å². The molecule has 1 aliphatic carbocycles. The number of sulfonamides is 1. The van der Waals surface area contributed by atoms with E-state index in [2.05, 4.69) is 0 Å². The molecule has 0 radical (unpaired) electrons. The average molecular weight is 388 g/mol. The third-order valence-corrected chi connectivity index (χ3v) is 7.22. The molecule has 1 heterocycles. The molecule has 142 valence electrons. The van der Waals surface area contributed by atoms with E-state index in [1.807, 2.05) is 6.07 Å². The highest BCUT2D eigenvalue weighted by atomic mass is 32.2. The average Bonchev–Trinajstić information content (AvgIpc) is 3.16. The van der Waals surface area contributed by atoms with Gasteiger partial charge in [0.2, 0.25) is 10.0 Å². The number of hydrogen-bond acceptors (Lipinski definition) is 3. The fourth-order valence-electron chi connectivity index (χ4n) is 3.76. The summed E-state index contributed by atoms with van der Waals surface area (Å²) in [4.78, 5) is 14.4. The fraction of sp³-hybridized carbons (Fsp3) is 0.350. The molecular formula is C20H21FN2O3S. The van der Waals surface area contributed by atoms with Gasteiger partial charge in [-0.3, -0.25) is 4.79 Å². The van der Waals surface area contributed by atoms with Gasteiger partial charge in [0.1, 0.15) is 5.82 Å². The Balaban J connectivity index is 1.45.